The molecular formula is C15H17N. The van der Waals surface area contributed by atoms with Gasteiger partial charge in [-0.25, -0.2) is 0 Å². The van der Waals surface area contributed by atoms with E-state index in [1.54, 1.807) is 5.57 Å². The Morgan fingerprint density at radius 1 is 1.12 bits per heavy atom. The molecule has 1 saturated carbocycles. The van der Waals surface area contributed by atoms with Crippen LogP contribution in [0.1, 0.15) is 32.1 Å². The summed E-state index contributed by atoms with van der Waals surface area (Å²) >= 11 is 0. The molecule has 0 aliphatic heterocycles. The highest BCUT2D eigenvalue weighted by molar-refractivity contribution is 5.38. The van der Waals surface area contributed by atoms with Crippen LogP contribution in [0.4, 0.5) is 0 Å². The maximum atomic E-state index is 9.01. The fourth-order valence-corrected chi connectivity index (χ4v) is 3.47. The van der Waals surface area contributed by atoms with E-state index in [0.717, 1.165) is 24.7 Å². The minimum atomic E-state index is 0.275. The van der Waals surface area contributed by atoms with Gasteiger partial charge in [0.1, 0.15) is 0 Å². The average molecular weight is 211 g/mol. The molecule has 0 saturated heterocycles. The van der Waals surface area contributed by atoms with Crippen LogP contribution in [0.25, 0.3) is 0 Å². The van der Waals surface area contributed by atoms with E-state index in [4.69, 9.17) is 5.26 Å². The monoisotopic (exact) mass is 211 g/mol. The molecule has 16 heavy (non-hydrogen) atoms. The molecule has 82 valence electrons. The summed E-state index contributed by atoms with van der Waals surface area (Å²) < 4.78 is 0. The van der Waals surface area contributed by atoms with Crippen molar-refractivity contribution in [2.45, 2.75) is 32.1 Å². The second-order valence-electron chi connectivity index (χ2n) is 5.21. The van der Waals surface area contributed by atoms with Crippen LogP contribution in [0.2, 0.25) is 0 Å². The predicted octanol–water partition coefficient (Wildman–Crippen LogP) is 3.76. The standard InChI is InChI=1S/C15H17N/c16-10-11-5-8-15-13(9-11)7-6-12-3-1-2-4-14(12)15/h1,3,6-7,11,14-15H,2,4-5,8-9H2. The normalized spacial score (nSPS) is 36.6. The van der Waals surface area contributed by atoms with Crippen LogP contribution >= 0.6 is 0 Å². The molecule has 0 spiro atoms. The van der Waals surface area contributed by atoms with Gasteiger partial charge in [-0.3, -0.25) is 0 Å². The lowest BCUT2D eigenvalue weighted by Gasteiger charge is -2.38. The first-order valence-corrected chi connectivity index (χ1v) is 6.35. The molecule has 3 aliphatic rings. The summed E-state index contributed by atoms with van der Waals surface area (Å²) in [6, 6.07) is 2.43. The molecule has 3 atom stereocenters. The van der Waals surface area contributed by atoms with E-state index in [-0.39, 0.29) is 5.92 Å². The van der Waals surface area contributed by atoms with E-state index < -0.39 is 0 Å². The van der Waals surface area contributed by atoms with Crippen molar-refractivity contribution in [2.75, 3.05) is 0 Å². The molecule has 0 amide bonds. The minimum Gasteiger partial charge on any atom is -0.198 e. The Morgan fingerprint density at radius 2 is 2.06 bits per heavy atom. The molecule has 0 N–H and O–H groups in total. The van der Waals surface area contributed by atoms with Crippen LogP contribution in [0, 0.1) is 29.1 Å². The van der Waals surface area contributed by atoms with Crippen molar-refractivity contribution < 1.29 is 0 Å². The highest BCUT2D eigenvalue weighted by Gasteiger charge is 2.34. The van der Waals surface area contributed by atoms with Crippen LogP contribution in [-0.2, 0) is 0 Å². The zero-order chi connectivity index (χ0) is 11.0. The number of rotatable bonds is 0. The zero-order valence-electron chi connectivity index (χ0n) is 9.52. The Morgan fingerprint density at radius 3 is 2.94 bits per heavy atom. The van der Waals surface area contributed by atoms with E-state index in [9.17, 15) is 0 Å². The summed E-state index contributed by atoms with van der Waals surface area (Å²) in [5.74, 6) is 1.77. The summed E-state index contributed by atoms with van der Waals surface area (Å²) in [6.45, 7) is 0. The molecule has 0 aromatic carbocycles. The van der Waals surface area contributed by atoms with Gasteiger partial charge in [-0.1, -0.05) is 29.9 Å². The highest BCUT2D eigenvalue weighted by Crippen LogP contribution is 2.45. The van der Waals surface area contributed by atoms with E-state index >= 15 is 0 Å². The van der Waals surface area contributed by atoms with Gasteiger partial charge in [0.25, 0.3) is 0 Å². The smallest absolute Gasteiger partial charge is 0.0659 e. The van der Waals surface area contributed by atoms with Gasteiger partial charge >= 0.3 is 0 Å². The van der Waals surface area contributed by atoms with Gasteiger partial charge in [-0.05, 0) is 49.5 Å². The molecule has 1 fully saturated rings. The number of hydrogen-bond donors (Lipinski definition) is 0. The summed E-state index contributed by atoms with van der Waals surface area (Å²) in [7, 11) is 0. The average Bonchev–Trinajstić information content (AvgIpc) is 2.38. The third kappa shape index (κ3) is 1.53. The molecule has 0 radical (unpaired) electrons. The number of hydrogen-bond acceptors (Lipinski definition) is 1. The van der Waals surface area contributed by atoms with Crippen molar-refractivity contribution in [3.8, 4) is 6.07 Å². The first-order chi connectivity index (χ1) is 7.88. The van der Waals surface area contributed by atoms with Gasteiger partial charge in [-0.2, -0.15) is 5.26 Å². The van der Waals surface area contributed by atoms with Gasteiger partial charge < -0.3 is 0 Å². The minimum absolute atomic E-state index is 0.275. The van der Waals surface area contributed by atoms with Crippen LogP contribution < -0.4 is 0 Å². The van der Waals surface area contributed by atoms with E-state index in [1.807, 2.05) is 0 Å². The molecule has 3 aliphatic carbocycles. The number of nitrogens with zero attached hydrogens (tertiary/aromatic N) is 1. The fourth-order valence-electron chi connectivity index (χ4n) is 3.47. The Balaban J connectivity index is 1.89. The van der Waals surface area contributed by atoms with Gasteiger partial charge in [0.05, 0.1) is 12.0 Å². The molecule has 0 aromatic heterocycles. The molecule has 3 unspecified atom stereocenters. The Labute approximate surface area is 97.2 Å². The van der Waals surface area contributed by atoms with Crippen LogP contribution in [-0.4, -0.2) is 0 Å². The van der Waals surface area contributed by atoms with Crippen molar-refractivity contribution in [3.63, 3.8) is 0 Å². The second kappa shape index (κ2) is 3.94. The fraction of sp³-hybridized carbons (Fsp3) is 0.533. The lowest BCUT2D eigenvalue weighted by Crippen LogP contribution is -2.27. The number of fused-ring (bicyclic) bond motifs is 3. The van der Waals surface area contributed by atoms with Crippen LogP contribution in [0.3, 0.4) is 0 Å². The molecule has 3 rings (SSSR count). The van der Waals surface area contributed by atoms with Crippen molar-refractivity contribution >= 4 is 0 Å². The third-order valence-electron chi connectivity index (χ3n) is 4.33. The predicted molar refractivity (Wildman–Crippen MR) is 64.5 cm³/mol. The van der Waals surface area contributed by atoms with E-state index in [1.165, 1.54) is 24.8 Å². The summed E-state index contributed by atoms with van der Waals surface area (Å²) in [5, 5.41) is 9.01. The number of allylic oxidation sites excluding steroid dienone is 6. The number of nitriles is 1. The van der Waals surface area contributed by atoms with Gasteiger partial charge in [0, 0.05) is 0 Å². The van der Waals surface area contributed by atoms with Crippen molar-refractivity contribution in [2.24, 2.45) is 17.8 Å². The molecular weight excluding hydrogens is 194 g/mol. The molecule has 0 heterocycles. The quantitative estimate of drug-likeness (QED) is 0.598. The molecule has 1 nitrogen and oxygen atoms in total. The van der Waals surface area contributed by atoms with Gasteiger partial charge in [0.2, 0.25) is 0 Å². The summed E-state index contributed by atoms with van der Waals surface area (Å²) in [6.07, 6.45) is 15.0. The Bertz CT molecular complexity index is 419. The van der Waals surface area contributed by atoms with Crippen molar-refractivity contribution in [1.29, 1.82) is 5.26 Å². The molecule has 0 bridgehead atoms. The first-order valence-electron chi connectivity index (χ1n) is 6.35. The topological polar surface area (TPSA) is 23.8 Å². The second-order valence-corrected chi connectivity index (χ2v) is 5.21. The first kappa shape index (κ1) is 9.90. The van der Waals surface area contributed by atoms with E-state index in [0.29, 0.717) is 0 Å². The molecule has 1 heteroatoms. The maximum absolute atomic E-state index is 9.01. The highest BCUT2D eigenvalue weighted by atomic mass is 14.4. The molecule has 0 aromatic rings. The van der Waals surface area contributed by atoms with E-state index in [2.05, 4.69) is 30.4 Å². The van der Waals surface area contributed by atoms with Crippen LogP contribution in [0.15, 0.2) is 35.5 Å². The Hall–Kier alpha value is -1.29. The third-order valence-corrected chi connectivity index (χ3v) is 4.33. The van der Waals surface area contributed by atoms with Crippen molar-refractivity contribution in [1.82, 2.24) is 0 Å². The summed E-state index contributed by atoms with van der Waals surface area (Å²) in [4.78, 5) is 0. The SMILES string of the molecule is N#CC1CCC2C(=CC=C3C=CCCC32)C1. The van der Waals surface area contributed by atoms with Crippen LogP contribution in [0.5, 0.6) is 0 Å². The lowest BCUT2D eigenvalue weighted by atomic mass is 9.66. The van der Waals surface area contributed by atoms with Gasteiger partial charge in [0.15, 0.2) is 0 Å². The zero-order valence-corrected chi connectivity index (χ0v) is 9.52. The summed E-state index contributed by atoms with van der Waals surface area (Å²) in [5.41, 5.74) is 3.07. The largest absolute Gasteiger partial charge is 0.198 e. The maximum Gasteiger partial charge on any atom is 0.0659 e. The van der Waals surface area contributed by atoms with Crippen molar-refractivity contribution in [3.05, 3.63) is 35.5 Å². The Kier molecular flexibility index (Phi) is 2.44. The lowest BCUT2D eigenvalue weighted by molar-refractivity contribution is 0.308. The van der Waals surface area contributed by atoms with Gasteiger partial charge in [-0.15, -0.1) is 0 Å².